The third kappa shape index (κ3) is 4.39. The first kappa shape index (κ1) is 21.5. The minimum absolute atomic E-state index is 0.0295. The average Bonchev–Trinajstić information content (AvgIpc) is 2.97. The summed E-state index contributed by atoms with van der Waals surface area (Å²) in [5, 5.41) is 11.1. The van der Waals surface area contributed by atoms with Crippen LogP contribution < -0.4 is 4.31 Å². The first-order chi connectivity index (χ1) is 13.4. The molecule has 10 heteroatoms. The normalized spacial score (nSPS) is 13.6. The number of aliphatic hydroxyl groups excluding tert-OH is 1. The molecule has 1 heterocycles. The number of aliphatic hydroxyl groups is 1. The van der Waals surface area contributed by atoms with Gasteiger partial charge in [-0.2, -0.15) is 13.2 Å². The lowest BCUT2D eigenvalue weighted by Crippen LogP contribution is -2.29. The fourth-order valence-electron chi connectivity index (χ4n) is 3.03. The largest absolute Gasteiger partial charge is 0.419 e. The van der Waals surface area contributed by atoms with Crippen LogP contribution in [0.1, 0.15) is 29.7 Å². The number of nitrogens with zero attached hydrogens (tertiary/aromatic N) is 1. The molecule has 1 N–H and O–H groups in total. The van der Waals surface area contributed by atoms with Gasteiger partial charge < -0.3 is 5.11 Å². The number of benzene rings is 2. The van der Waals surface area contributed by atoms with E-state index in [4.69, 9.17) is 0 Å². The van der Waals surface area contributed by atoms with E-state index in [9.17, 15) is 31.1 Å². The van der Waals surface area contributed by atoms with Gasteiger partial charge in [-0.15, -0.1) is 11.3 Å². The summed E-state index contributed by atoms with van der Waals surface area (Å²) in [6.45, 7) is 1.05. The van der Waals surface area contributed by atoms with E-state index in [1.807, 2.05) is 0 Å². The van der Waals surface area contributed by atoms with Gasteiger partial charge in [-0.05, 0) is 30.7 Å². The van der Waals surface area contributed by atoms with Gasteiger partial charge in [-0.25, -0.2) is 12.8 Å². The molecule has 3 rings (SSSR count). The van der Waals surface area contributed by atoms with Gasteiger partial charge in [0.05, 0.1) is 24.5 Å². The van der Waals surface area contributed by atoms with Gasteiger partial charge in [0.2, 0.25) is 10.0 Å². The molecule has 0 aliphatic rings. The summed E-state index contributed by atoms with van der Waals surface area (Å²) < 4.78 is 79.3. The molecule has 0 aliphatic heterocycles. The topological polar surface area (TPSA) is 57.6 Å². The zero-order chi connectivity index (χ0) is 21.6. The monoisotopic (exact) mass is 447 g/mol. The lowest BCUT2D eigenvalue weighted by atomic mass is 10.1. The molecule has 156 valence electrons. The lowest BCUT2D eigenvalue weighted by Gasteiger charge is -2.23. The molecule has 0 amide bonds. The predicted molar refractivity (Wildman–Crippen MR) is 105 cm³/mol. The molecule has 0 aliphatic carbocycles. The van der Waals surface area contributed by atoms with Crippen molar-refractivity contribution in [3.8, 4) is 0 Å². The Balaban J connectivity index is 2.15. The number of hydrogen-bond donors (Lipinski definition) is 1. The molecule has 0 bridgehead atoms. The SMILES string of the molecule is CC(O)c1c(N(Cc2ccc(F)c(C(F)(F)F)c2)S(C)(=O)=O)sc2ccccc12. The van der Waals surface area contributed by atoms with E-state index < -0.39 is 40.2 Å². The van der Waals surface area contributed by atoms with Gasteiger partial charge >= 0.3 is 6.18 Å². The van der Waals surface area contributed by atoms with Gasteiger partial charge in [0.25, 0.3) is 0 Å². The molecule has 1 atom stereocenters. The molecule has 29 heavy (non-hydrogen) atoms. The number of thiophene rings is 1. The second-order valence-electron chi connectivity index (χ2n) is 6.57. The molecule has 0 fully saturated rings. The van der Waals surface area contributed by atoms with E-state index in [1.54, 1.807) is 24.3 Å². The van der Waals surface area contributed by atoms with Crippen LogP contribution >= 0.6 is 11.3 Å². The molecule has 1 aromatic heterocycles. The lowest BCUT2D eigenvalue weighted by molar-refractivity contribution is -0.140. The summed E-state index contributed by atoms with van der Waals surface area (Å²) >= 11 is 1.11. The Morgan fingerprint density at radius 3 is 2.41 bits per heavy atom. The van der Waals surface area contributed by atoms with Gasteiger partial charge in [-0.3, -0.25) is 4.31 Å². The van der Waals surface area contributed by atoms with Crippen LogP contribution in [-0.4, -0.2) is 19.8 Å². The van der Waals surface area contributed by atoms with Crippen LogP contribution in [0.25, 0.3) is 10.1 Å². The van der Waals surface area contributed by atoms with Crippen molar-refractivity contribution in [2.24, 2.45) is 0 Å². The molecule has 0 saturated carbocycles. The van der Waals surface area contributed by atoms with Gasteiger partial charge in [0, 0.05) is 15.6 Å². The predicted octanol–water partition coefficient (Wildman–Crippen LogP) is 5.08. The van der Waals surface area contributed by atoms with Gasteiger partial charge in [0.1, 0.15) is 10.8 Å². The Labute approximate surface area is 169 Å². The van der Waals surface area contributed by atoms with Gasteiger partial charge in [0.15, 0.2) is 0 Å². The zero-order valence-electron chi connectivity index (χ0n) is 15.4. The van der Waals surface area contributed by atoms with Crippen molar-refractivity contribution in [1.82, 2.24) is 0 Å². The van der Waals surface area contributed by atoms with Gasteiger partial charge in [-0.1, -0.05) is 24.3 Å². The van der Waals surface area contributed by atoms with Crippen molar-refractivity contribution < 1.29 is 31.1 Å². The zero-order valence-corrected chi connectivity index (χ0v) is 17.0. The van der Waals surface area contributed by atoms with Crippen molar-refractivity contribution in [1.29, 1.82) is 0 Å². The molecule has 1 unspecified atom stereocenters. The number of halogens is 4. The third-order valence-electron chi connectivity index (χ3n) is 4.32. The van der Waals surface area contributed by atoms with E-state index in [0.717, 1.165) is 32.7 Å². The maximum Gasteiger partial charge on any atom is 0.419 e. The van der Waals surface area contributed by atoms with E-state index in [1.165, 1.54) is 6.92 Å². The van der Waals surface area contributed by atoms with Crippen LogP contribution in [0, 0.1) is 5.82 Å². The highest BCUT2D eigenvalue weighted by Gasteiger charge is 2.35. The number of sulfonamides is 1. The van der Waals surface area contributed by atoms with Crippen LogP contribution in [0.4, 0.5) is 22.6 Å². The Morgan fingerprint density at radius 2 is 1.83 bits per heavy atom. The number of fused-ring (bicyclic) bond motifs is 1. The smallest absolute Gasteiger partial charge is 0.389 e. The molecule has 2 aromatic carbocycles. The van der Waals surface area contributed by atoms with E-state index in [-0.39, 0.29) is 10.6 Å². The number of rotatable bonds is 5. The minimum atomic E-state index is -4.90. The molecule has 0 radical (unpaired) electrons. The van der Waals surface area contributed by atoms with Crippen molar-refractivity contribution >= 4 is 36.4 Å². The van der Waals surface area contributed by atoms with Crippen LogP contribution in [0.2, 0.25) is 0 Å². The summed E-state index contributed by atoms with van der Waals surface area (Å²) in [7, 11) is -3.92. The summed E-state index contributed by atoms with van der Waals surface area (Å²) in [6, 6.07) is 9.37. The highest BCUT2D eigenvalue weighted by molar-refractivity contribution is 7.92. The molecular formula is C19H17F4NO3S2. The number of hydrogen-bond acceptors (Lipinski definition) is 4. The first-order valence-electron chi connectivity index (χ1n) is 8.42. The second kappa shape index (κ2) is 7.58. The molecule has 0 saturated heterocycles. The quantitative estimate of drug-likeness (QED) is 0.555. The highest BCUT2D eigenvalue weighted by Crippen LogP contribution is 2.43. The second-order valence-corrected chi connectivity index (χ2v) is 9.51. The van der Waals surface area contributed by atoms with Crippen molar-refractivity contribution in [3.05, 3.63) is 65.0 Å². The number of alkyl halides is 3. The van der Waals surface area contributed by atoms with E-state index in [2.05, 4.69) is 0 Å². The highest BCUT2D eigenvalue weighted by atomic mass is 32.2. The Bertz CT molecular complexity index is 1150. The summed E-state index contributed by atoms with van der Waals surface area (Å²) in [5.74, 6) is -1.43. The minimum Gasteiger partial charge on any atom is -0.389 e. The maximum absolute atomic E-state index is 13.6. The van der Waals surface area contributed by atoms with Crippen LogP contribution in [-0.2, 0) is 22.7 Å². The molecule has 0 spiro atoms. The molecular weight excluding hydrogens is 430 g/mol. The van der Waals surface area contributed by atoms with Crippen molar-refractivity contribution in [3.63, 3.8) is 0 Å². The summed E-state index contributed by atoms with van der Waals surface area (Å²) in [6.07, 6.45) is -4.99. The summed E-state index contributed by atoms with van der Waals surface area (Å²) in [4.78, 5) is 0. The fraction of sp³-hybridized carbons (Fsp3) is 0.263. The van der Waals surface area contributed by atoms with Crippen molar-refractivity contribution in [2.75, 3.05) is 10.6 Å². The average molecular weight is 447 g/mol. The van der Waals surface area contributed by atoms with Crippen LogP contribution in [0.5, 0.6) is 0 Å². The molecule has 4 nitrogen and oxygen atoms in total. The Morgan fingerprint density at radius 1 is 1.17 bits per heavy atom. The van der Waals surface area contributed by atoms with E-state index in [0.29, 0.717) is 23.1 Å². The fourth-order valence-corrected chi connectivity index (χ4v) is 5.54. The Hall–Kier alpha value is -2.17. The standard InChI is InChI=1S/C19H17F4NO3S2/c1-11(25)17-13-5-3-4-6-16(13)28-18(17)24(29(2,26)27)10-12-7-8-15(20)14(9-12)19(21,22)23/h3-9,11,25H,10H2,1-2H3. The number of anilines is 1. The maximum atomic E-state index is 13.6. The van der Waals surface area contributed by atoms with E-state index >= 15 is 0 Å². The van der Waals surface area contributed by atoms with Crippen LogP contribution in [0.3, 0.4) is 0 Å². The molecule has 3 aromatic rings. The van der Waals surface area contributed by atoms with Crippen molar-refractivity contribution in [2.45, 2.75) is 25.7 Å². The first-order valence-corrected chi connectivity index (χ1v) is 11.1. The Kier molecular flexibility index (Phi) is 5.63. The summed E-state index contributed by atoms with van der Waals surface area (Å²) in [5.41, 5.74) is -1.12. The third-order valence-corrected chi connectivity index (χ3v) is 6.76. The van der Waals surface area contributed by atoms with Crippen LogP contribution in [0.15, 0.2) is 42.5 Å².